The molecule has 0 fully saturated rings. The number of carboxylic acids is 1. The van der Waals surface area contributed by atoms with Gasteiger partial charge in [0.05, 0.1) is 48.2 Å². The standard InChI is InChI=1S/C17H15ClN2O4.C4H11NO3/c1-10-2-3-11(19-8-10)9-23-16-7-15-12(6-13(16)18)14(20-24-15)4-5-17(21)22;5-4(1-6,2-7)3-8/h2-3,6-8H,4-5,9H2,1H3,(H,21,22);6-8H,1-3,5H2. The van der Waals surface area contributed by atoms with E-state index >= 15 is 0 Å². The molecule has 0 saturated heterocycles. The Morgan fingerprint density at radius 2 is 1.91 bits per heavy atom. The molecule has 0 aliphatic rings. The first-order valence-corrected chi connectivity index (χ1v) is 10.0. The van der Waals surface area contributed by atoms with Crippen LogP contribution in [0.5, 0.6) is 5.75 Å². The molecule has 0 amide bonds. The molecular formula is C21H26ClN3O7. The Morgan fingerprint density at radius 1 is 1.22 bits per heavy atom. The predicted molar refractivity (Wildman–Crippen MR) is 116 cm³/mol. The molecule has 3 rings (SSSR count). The van der Waals surface area contributed by atoms with Crippen molar-refractivity contribution >= 4 is 28.5 Å². The van der Waals surface area contributed by atoms with Gasteiger partial charge in [0.2, 0.25) is 0 Å². The van der Waals surface area contributed by atoms with E-state index in [9.17, 15) is 4.79 Å². The zero-order valence-corrected chi connectivity index (χ0v) is 18.2. The van der Waals surface area contributed by atoms with E-state index in [1.54, 1.807) is 18.3 Å². The Hall–Kier alpha value is -2.76. The Kier molecular flexibility index (Phi) is 9.36. The van der Waals surface area contributed by atoms with E-state index in [0.717, 1.165) is 11.3 Å². The molecule has 2 heterocycles. The molecule has 0 bridgehead atoms. The number of aliphatic hydroxyl groups is 3. The van der Waals surface area contributed by atoms with Gasteiger partial charge in [0.1, 0.15) is 12.4 Å². The van der Waals surface area contributed by atoms with Crippen LogP contribution < -0.4 is 10.5 Å². The summed E-state index contributed by atoms with van der Waals surface area (Å²) in [5.74, 6) is -0.421. The number of fused-ring (bicyclic) bond motifs is 1. The molecule has 32 heavy (non-hydrogen) atoms. The Morgan fingerprint density at radius 3 is 2.44 bits per heavy atom. The number of benzene rings is 1. The van der Waals surface area contributed by atoms with Gasteiger partial charge in [0.15, 0.2) is 5.58 Å². The fourth-order valence-electron chi connectivity index (χ4n) is 2.39. The highest BCUT2D eigenvalue weighted by molar-refractivity contribution is 6.32. The van der Waals surface area contributed by atoms with Gasteiger partial charge < -0.3 is 35.4 Å². The lowest BCUT2D eigenvalue weighted by atomic mass is 10.1. The van der Waals surface area contributed by atoms with E-state index < -0.39 is 31.3 Å². The summed E-state index contributed by atoms with van der Waals surface area (Å²) < 4.78 is 10.9. The number of hydrogen-bond acceptors (Lipinski definition) is 9. The summed E-state index contributed by atoms with van der Waals surface area (Å²) >= 11 is 6.26. The van der Waals surface area contributed by atoms with Crippen molar-refractivity contribution in [1.82, 2.24) is 10.1 Å². The molecule has 0 atom stereocenters. The van der Waals surface area contributed by atoms with Gasteiger partial charge in [-0.3, -0.25) is 9.78 Å². The molecule has 2 aromatic heterocycles. The molecule has 0 saturated carbocycles. The van der Waals surface area contributed by atoms with E-state index in [0.29, 0.717) is 27.4 Å². The second kappa shape index (κ2) is 11.7. The van der Waals surface area contributed by atoms with Gasteiger partial charge in [-0.15, -0.1) is 0 Å². The van der Waals surface area contributed by atoms with Crippen molar-refractivity contribution in [2.24, 2.45) is 5.73 Å². The molecule has 6 N–H and O–H groups in total. The van der Waals surface area contributed by atoms with E-state index in [2.05, 4.69) is 10.1 Å². The number of aliphatic carboxylic acids is 1. The molecule has 1 aromatic carbocycles. The smallest absolute Gasteiger partial charge is 0.303 e. The number of rotatable bonds is 9. The van der Waals surface area contributed by atoms with Gasteiger partial charge in [-0.05, 0) is 24.6 Å². The highest BCUT2D eigenvalue weighted by atomic mass is 35.5. The molecule has 10 nitrogen and oxygen atoms in total. The maximum atomic E-state index is 10.7. The van der Waals surface area contributed by atoms with Crippen molar-refractivity contribution in [1.29, 1.82) is 0 Å². The predicted octanol–water partition coefficient (Wildman–Crippen LogP) is 1.44. The second-order valence-corrected chi connectivity index (χ2v) is 7.66. The number of carboxylic acid groups (broad SMARTS) is 1. The third-order valence-corrected chi connectivity index (χ3v) is 4.76. The van der Waals surface area contributed by atoms with Crippen LogP contribution in [0.15, 0.2) is 35.0 Å². The van der Waals surface area contributed by atoms with Gasteiger partial charge in [-0.25, -0.2) is 0 Å². The first-order chi connectivity index (χ1) is 15.2. The van der Waals surface area contributed by atoms with E-state index in [-0.39, 0.29) is 19.4 Å². The normalized spacial score (nSPS) is 11.2. The molecule has 11 heteroatoms. The van der Waals surface area contributed by atoms with E-state index in [4.69, 9.17) is 47.0 Å². The van der Waals surface area contributed by atoms with Crippen LogP contribution in [0, 0.1) is 6.92 Å². The summed E-state index contributed by atoms with van der Waals surface area (Å²) in [6, 6.07) is 7.19. The number of hydrogen-bond donors (Lipinski definition) is 5. The molecule has 3 aromatic rings. The number of aryl methyl sites for hydroxylation is 2. The van der Waals surface area contributed by atoms with Crippen LogP contribution in [0.2, 0.25) is 5.02 Å². The fraction of sp³-hybridized carbons (Fsp3) is 0.381. The van der Waals surface area contributed by atoms with Crippen LogP contribution in [-0.4, -0.2) is 61.9 Å². The number of ether oxygens (including phenoxy) is 1. The van der Waals surface area contributed by atoms with Crippen LogP contribution in [0.25, 0.3) is 11.0 Å². The van der Waals surface area contributed by atoms with Gasteiger partial charge in [0.25, 0.3) is 0 Å². The Balaban J connectivity index is 0.000000390. The quantitative estimate of drug-likeness (QED) is 0.310. The minimum absolute atomic E-state index is 0.0173. The number of pyridine rings is 1. The molecule has 174 valence electrons. The van der Waals surface area contributed by atoms with Gasteiger partial charge in [0, 0.05) is 24.1 Å². The number of nitrogens with two attached hydrogens (primary N) is 1. The maximum Gasteiger partial charge on any atom is 0.303 e. The molecule has 0 aliphatic heterocycles. The lowest BCUT2D eigenvalue weighted by molar-refractivity contribution is -0.136. The van der Waals surface area contributed by atoms with Gasteiger partial charge in [-0.2, -0.15) is 0 Å². The number of aromatic nitrogens is 2. The summed E-state index contributed by atoms with van der Waals surface area (Å²) in [7, 11) is 0. The van der Waals surface area contributed by atoms with Crippen LogP contribution in [0.1, 0.15) is 23.4 Å². The van der Waals surface area contributed by atoms with Crippen molar-refractivity contribution in [2.45, 2.75) is 31.9 Å². The van der Waals surface area contributed by atoms with Crippen molar-refractivity contribution in [3.63, 3.8) is 0 Å². The molecule has 0 spiro atoms. The summed E-state index contributed by atoms with van der Waals surface area (Å²) in [5.41, 5.74) is 6.88. The Bertz CT molecular complexity index is 1010. The molecule has 0 radical (unpaired) electrons. The Labute approximate surface area is 189 Å². The number of nitrogens with zero attached hydrogens (tertiary/aromatic N) is 2. The third-order valence-electron chi connectivity index (χ3n) is 4.47. The van der Waals surface area contributed by atoms with E-state index in [1.165, 1.54) is 0 Å². The minimum atomic E-state index is -1.21. The first kappa shape index (κ1) is 25.5. The third kappa shape index (κ3) is 7.14. The lowest BCUT2D eigenvalue weighted by Gasteiger charge is -2.20. The topological polar surface area (TPSA) is 172 Å². The number of aliphatic hydroxyl groups excluding tert-OH is 3. The number of halogens is 1. The van der Waals surface area contributed by atoms with Crippen LogP contribution in [-0.2, 0) is 17.8 Å². The highest BCUT2D eigenvalue weighted by Gasteiger charge is 2.20. The summed E-state index contributed by atoms with van der Waals surface area (Å²) in [6.07, 6.45) is 2.04. The molecular weight excluding hydrogens is 442 g/mol. The first-order valence-electron chi connectivity index (χ1n) is 9.66. The van der Waals surface area contributed by atoms with Crippen LogP contribution >= 0.6 is 11.6 Å². The summed E-state index contributed by atoms with van der Waals surface area (Å²) in [6.45, 7) is 1.04. The average Bonchev–Trinajstić information content (AvgIpc) is 3.18. The second-order valence-electron chi connectivity index (χ2n) is 7.25. The zero-order valence-electron chi connectivity index (χ0n) is 17.5. The highest BCUT2D eigenvalue weighted by Crippen LogP contribution is 2.32. The van der Waals surface area contributed by atoms with Crippen LogP contribution in [0.4, 0.5) is 0 Å². The van der Waals surface area contributed by atoms with Gasteiger partial charge >= 0.3 is 5.97 Å². The zero-order chi connectivity index (χ0) is 23.7. The minimum Gasteiger partial charge on any atom is -0.486 e. The van der Waals surface area contributed by atoms with Crippen molar-refractivity contribution in [3.8, 4) is 5.75 Å². The molecule has 0 unspecified atom stereocenters. The maximum absolute atomic E-state index is 10.7. The van der Waals surface area contributed by atoms with E-state index in [1.807, 2.05) is 19.1 Å². The number of carbonyl (C=O) groups is 1. The lowest BCUT2D eigenvalue weighted by Crippen LogP contribution is -2.50. The SMILES string of the molecule is Cc1ccc(COc2cc3onc(CCC(=O)O)c3cc2Cl)nc1.NC(CO)(CO)CO. The monoisotopic (exact) mass is 467 g/mol. The van der Waals surface area contributed by atoms with Crippen molar-refractivity contribution < 1.29 is 34.5 Å². The van der Waals surface area contributed by atoms with Crippen LogP contribution in [0.3, 0.4) is 0 Å². The summed E-state index contributed by atoms with van der Waals surface area (Å²) in [5, 5.41) is 38.8. The fourth-order valence-corrected chi connectivity index (χ4v) is 2.61. The van der Waals surface area contributed by atoms with Crippen molar-refractivity contribution in [2.75, 3.05) is 19.8 Å². The van der Waals surface area contributed by atoms with Gasteiger partial charge in [-0.1, -0.05) is 22.8 Å². The van der Waals surface area contributed by atoms with Crippen molar-refractivity contribution in [3.05, 3.63) is 52.4 Å². The average molecular weight is 468 g/mol. The largest absolute Gasteiger partial charge is 0.486 e. The molecule has 0 aliphatic carbocycles. The summed E-state index contributed by atoms with van der Waals surface area (Å²) in [4.78, 5) is 15.0.